The Labute approximate surface area is 350 Å². The molecule has 9 aliphatic rings. The summed E-state index contributed by atoms with van der Waals surface area (Å²) in [7, 11) is 0. The quantitative estimate of drug-likeness (QED) is 0.151. The maximum absolute atomic E-state index is 11.4. The molecule has 5 aliphatic heterocycles. The molecule has 5 heterocycles. The summed E-state index contributed by atoms with van der Waals surface area (Å²) in [5.74, 6) is -0.162. The van der Waals surface area contributed by atoms with Crippen molar-refractivity contribution in [3.63, 3.8) is 0 Å². The van der Waals surface area contributed by atoms with E-state index in [0.717, 1.165) is 36.8 Å². The highest BCUT2D eigenvalue weighted by molar-refractivity contribution is 5.29. The molecule has 5 saturated heterocycles. The van der Waals surface area contributed by atoms with Gasteiger partial charge in [0.15, 0.2) is 24.7 Å². The Morgan fingerprint density at radius 2 is 1.45 bits per heavy atom. The summed E-state index contributed by atoms with van der Waals surface area (Å²) in [5.41, 5.74) is 1.31. The van der Waals surface area contributed by atoms with Crippen molar-refractivity contribution in [1.29, 1.82) is 0 Å². The first-order chi connectivity index (χ1) is 28.4. The topological polar surface area (TPSA) is 256 Å². The van der Waals surface area contributed by atoms with Crippen LogP contribution >= 0.6 is 0 Å². The Balaban J connectivity index is 0.995. The zero-order chi connectivity index (χ0) is 42.8. The molecular formula is C43H66O17. The molecule has 17 nitrogen and oxygen atoms in total. The van der Waals surface area contributed by atoms with Crippen LogP contribution in [0.1, 0.15) is 72.6 Å². The minimum absolute atomic E-state index is 0.0262. The van der Waals surface area contributed by atoms with Crippen LogP contribution in [0.25, 0.3) is 0 Å². The highest BCUT2D eigenvalue weighted by atomic mass is 16.8. The Kier molecular flexibility index (Phi) is 11.8. The zero-order valence-electron chi connectivity index (χ0n) is 34.8. The molecule has 9 N–H and O–H groups in total. The number of rotatable bonds is 6. The molecule has 0 unspecified atom stereocenters. The molecule has 0 amide bonds. The molecular weight excluding hydrogens is 788 g/mol. The molecule has 4 aliphatic carbocycles. The van der Waals surface area contributed by atoms with Gasteiger partial charge in [0.2, 0.25) is 0 Å². The van der Waals surface area contributed by atoms with E-state index in [1.54, 1.807) is 0 Å². The molecule has 60 heavy (non-hydrogen) atoms. The SMILES string of the molecule is C=C1CO[C@@]2(O[C@H]3C[C@H]4[C@@H]5CC=C6C[C@@H](O)C[C@@H](O[C@@H]7OC[C@H](O)[C@H](O[C@@H]8OC[C@@H](O)[C@H](O)[C@H]8O)[C@H]7O[C@@H]7O[C@@H](C)[C@H](O)[C@@H](O)[C@H]7O)[C@]6(C)[C@H]5CC[C@]4(C)[C@H]3[C@@H]2C)[C@@H](O)C1. The van der Waals surface area contributed by atoms with Gasteiger partial charge < -0.3 is 83.9 Å². The van der Waals surface area contributed by atoms with Crippen molar-refractivity contribution in [2.75, 3.05) is 19.8 Å². The second-order valence-corrected chi connectivity index (χ2v) is 20.0. The van der Waals surface area contributed by atoms with E-state index in [2.05, 4.69) is 33.4 Å². The van der Waals surface area contributed by atoms with Crippen LogP contribution in [0.5, 0.6) is 0 Å². The number of aliphatic hydroxyl groups is 9. The summed E-state index contributed by atoms with van der Waals surface area (Å²) in [6, 6.07) is 0. The summed E-state index contributed by atoms with van der Waals surface area (Å²) in [6.07, 6.45) is -14.3. The van der Waals surface area contributed by atoms with Crippen LogP contribution in [0.15, 0.2) is 23.8 Å². The molecule has 17 heteroatoms. The van der Waals surface area contributed by atoms with Gasteiger partial charge in [-0.3, -0.25) is 0 Å². The Morgan fingerprint density at radius 3 is 2.20 bits per heavy atom. The lowest BCUT2D eigenvalue weighted by molar-refractivity contribution is -0.382. The van der Waals surface area contributed by atoms with Gasteiger partial charge in [-0.25, -0.2) is 0 Å². The molecule has 0 aromatic heterocycles. The van der Waals surface area contributed by atoms with E-state index < -0.39 is 109 Å². The first kappa shape index (κ1) is 44.0. The monoisotopic (exact) mass is 854 g/mol. The minimum Gasteiger partial charge on any atom is -0.393 e. The van der Waals surface area contributed by atoms with Gasteiger partial charge in [-0.2, -0.15) is 0 Å². The highest BCUT2D eigenvalue weighted by Crippen LogP contribution is 2.71. The summed E-state index contributed by atoms with van der Waals surface area (Å²) < 4.78 is 50.1. The van der Waals surface area contributed by atoms with Crippen molar-refractivity contribution in [2.45, 2.75) is 183 Å². The molecule has 0 aromatic carbocycles. The van der Waals surface area contributed by atoms with Crippen LogP contribution in [0.2, 0.25) is 0 Å². The van der Waals surface area contributed by atoms with Crippen molar-refractivity contribution >= 4 is 0 Å². The van der Waals surface area contributed by atoms with E-state index in [1.807, 2.05) is 0 Å². The van der Waals surface area contributed by atoms with Gasteiger partial charge in [0.05, 0.1) is 44.2 Å². The summed E-state index contributed by atoms with van der Waals surface area (Å²) >= 11 is 0. The predicted molar refractivity (Wildman–Crippen MR) is 205 cm³/mol. The van der Waals surface area contributed by atoms with E-state index in [1.165, 1.54) is 6.92 Å². The van der Waals surface area contributed by atoms with Gasteiger partial charge in [-0.15, -0.1) is 0 Å². The van der Waals surface area contributed by atoms with Gasteiger partial charge in [0, 0.05) is 24.2 Å². The zero-order valence-corrected chi connectivity index (χ0v) is 34.8. The third kappa shape index (κ3) is 6.84. The van der Waals surface area contributed by atoms with Gasteiger partial charge in [-0.1, -0.05) is 39.0 Å². The molecule has 1 spiro atoms. The lowest BCUT2D eigenvalue weighted by Crippen LogP contribution is -2.65. The van der Waals surface area contributed by atoms with Crippen LogP contribution in [0, 0.1) is 40.4 Å². The fourth-order valence-electron chi connectivity index (χ4n) is 13.5. The smallest absolute Gasteiger partial charge is 0.198 e. The maximum Gasteiger partial charge on any atom is 0.198 e. The van der Waals surface area contributed by atoms with Gasteiger partial charge in [0.25, 0.3) is 0 Å². The fraction of sp³-hybridized carbons (Fsp3) is 0.907. The first-order valence-electron chi connectivity index (χ1n) is 22.0. The van der Waals surface area contributed by atoms with Crippen molar-refractivity contribution < 1.29 is 83.9 Å². The summed E-state index contributed by atoms with van der Waals surface area (Å²) in [5, 5.41) is 97.5. The van der Waals surface area contributed by atoms with E-state index >= 15 is 0 Å². The van der Waals surface area contributed by atoms with Crippen LogP contribution in [-0.4, -0.2) is 176 Å². The normalized spacial score (nSPS) is 58.0. The number of aliphatic hydroxyl groups excluding tert-OH is 9. The second-order valence-electron chi connectivity index (χ2n) is 20.0. The molecule has 340 valence electrons. The average Bonchev–Trinajstić information content (AvgIpc) is 3.67. The molecule has 8 fully saturated rings. The maximum atomic E-state index is 11.4. The number of hydrogen-bond acceptors (Lipinski definition) is 17. The van der Waals surface area contributed by atoms with Crippen LogP contribution in [0.4, 0.5) is 0 Å². The second kappa shape index (κ2) is 16.0. The molecule has 0 radical (unpaired) electrons. The largest absolute Gasteiger partial charge is 0.393 e. The van der Waals surface area contributed by atoms with Gasteiger partial charge in [-0.05, 0) is 73.7 Å². The third-order valence-corrected chi connectivity index (χ3v) is 16.7. The lowest BCUT2D eigenvalue weighted by Gasteiger charge is -2.60. The lowest BCUT2D eigenvalue weighted by atomic mass is 9.46. The van der Waals surface area contributed by atoms with Crippen LogP contribution in [-0.2, 0) is 37.9 Å². The van der Waals surface area contributed by atoms with E-state index in [0.29, 0.717) is 25.4 Å². The van der Waals surface area contributed by atoms with E-state index in [4.69, 9.17) is 37.9 Å². The fourth-order valence-corrected chi connectivity index (χ4v) is 13.5. The predicted octanol–water partition coefficient (Wildman–Crippen LogP) is -0.646. The number of hydrogen-bond donors (Lipinski definition) is 9. The Hall–Kier alpha value is -1.20. The van der Waals surface area contributed by atoms with Gasteiger partial charge >= 0.3 is 0 Å². The molecule has 25 atom stereocenters. The van der Waals surface area contributed by atoms with Gasteiger partial charge in [0.1, 0.15) is 61.0 Å². The Bertz CT molecular complexity index is 1630. The molecule has 0 aromatic rings. The number of fused-ring (bicyclic) bond motifs is 7. The summed E-state index contributed by atoms with van der Waals surface area (Å²) in [4.78, 5) is 0. The van der Waals surface area contributed by atoms with Crippen molar-refractivity contribution in [2.24, 2.45) is 40.4 Å². The number of ether oxygens (including phenoxy) is 8. The standard InChI is InChI=1S/C43H66O17/c1-17-10-28(47)43(55-14-17)18(2)30-27(60-43)13-24-22-7-6-20-11-21(44)12-29(42(20,5)23(22)8-9-41(24,30)4)57-40-37(59-39-35(52)33(50)31(48)19(3)56-39)36(26(46)16-54-40)58-38-34(51)32(49)25(45)15-53-38/h6,18-19,21-40,44-52H,1,7-16H2,2-5H3/t18-,19-,21+,22+,23-,24-,25+,26-,27-,28-,29+,30-,31-,32-,33+,34+,35+,36-,37+,38-,39-,40-,41-,42-,43-/m0/s1. The first-order valence-corrected chi connectivity index (χ1v) is 22.0. The third-order valence-electron chi connectivity index (χ3n) is 16.7. The van der Waals surface area contributed by atoms with Crippen molar-refractivity contribution in [3.8, 4) is 0 Å². The van der Waals surface area contributed by atoms with Crippen LogP contribution < -0.4 is 0 Å². The van der Waals surface area contributed by atoms with E-state index in [9.17, 15) is 46.0 Å². The minimum atomic E-state index is -1.73. The van der Waals surface area contributed by atoms with E-state index in [-0.39, 0.29) is 54.8 Å². The Morgan fingerprint density at radius 1 is 0.750 bits per heavy atom. The summed E-state index contributed by atoms with van der Waals surface area (Å²) in [6.45, 7) is 12.0. The molecule has 0 bridgehead atoms. The van der Waals surface area contributed by atoms with Crippen molar-refractivity contribution in [3.05, 3.63) is 23.8 Å². The highest BCUT2D eigenvalue weighted by Gasteiger charge is 2.71. The van der Waals surface area contributed by atoms with Crippen LogP contribution in [0.3, 0.4) is 0 Å². The molecule has 3 saturated carbocycles. The molecule has 9 rings (SSSR count). The van der Waals surface area contributed by atoms with Crippen molar-refractivity contribution in [1.82, 2.24) is 0 Å². The number of allylic oxidation sites excluding steroid dienone is 1. The average molecular weight is 855 g/mol.